The molecule has 3 N–H and O–H groups in total. The van der Waals surface area contributed by atoms with E-state index in [1.807, 2.05) is 19.1 Å². The van der Waals surface area contributed by atoms with Gasteiger partial charge in [-0.25, -0.2) is 0 Å². The summed E-state index contributed by atoms with van der Waals surface area (Å²) in [5, 5.41) is 0. The highest BCUT2D eigenvalue weighted by molar-refractivity contribution is 9.10. The van der Waals surface area contributed by atoms with Crippen molar-refractivity contribution in [3.8, 4) is 11.6 Å². The number of nitrogens with one attached hydrogen (secondary N) is 1. The second-order valence-electron chi connectivity index (χ2n) is 3.94. The lowest BCUT2D eigenvalue weighted by Crippen LogP contribution is -2.10. The van der Waals surface area contributed by atoms with Crippen molar-refractivity contribution >= 4 is 15.9 Å². The molecule has 2 aromatic rings. The molecule has 0 atom stereocenters. The largest absolute Gasteiger partial charge is 0.438 e. The van der Waals surface area contributed by atoms with Gasteiger partial charge in [-0.1, -0.05) is 22.9 Å². The van der Waals surface area contributed by atoms with Crippen molar-refractivity contribution in [2.75, 3.05) is 0 Å². The van der Waals surface area contributed by atoms with Gasteiger partial charge in [0.2, 0.25) is 5.88 Å². The first kappa shape index (κ1) is 13.8. The molecule has 0 saturated carbocycles. The molecule has 0 saturated heterocycles. The molecule has 0 radical (unpaired) electrons. The minimum absolute atomic E-state index is 0.228. The molecular formula is C13H14BrN3O2. The minimum atomic E-state index is -0.228. The maximum absolute atomic E-state index is 11.5. The van der Waals surface area contributed by atoms with Gasteiger partial charge in [0.25, 0.3) is 5.56 Å². The van der Waals surface area contributed by atoms with Crippen LogP contribution in [0.1, 0.15) is 18.3 Å². The zero-order chi connectivity index (χ0) is 13.8. The van der Waals surface area contributed by atoms with E-state index in [0.29, 0.717) is 24.5 Å². The standard InChI is InChI=1S/C13H14BrN3O2/c1-2-11-16-12(18)6-13(17-11)19-10-4-3-9(14)5-8(10)7-15/h3-6H,2,7,15H2,1H3,(H,16,17,18). The SMILES string of the molecule is CCc1nc(Oc2ccc(Br)cc2CN)cc(=O)[nH]1. The third-order valence-electron chi connectivity index (χ3n) is 2.56. The monoisotopic (exact) mass is 323 g/mol. The van der Waals surface area contributed by atoms with Gasteiger partial charge in [0.1, 0.15) is 11.6 Å². The van der Waals surface area contributed by atoms with Crippen LogP contribution >= 0.6 is 15.9 Å². The van der Waals surface area contributed by atoms with Crippen LogP contribution in [-0.4, -0.2) is 9.97 Å². The molecule has 5 nitrogen and oxygen atoms in total. The molecule has 0 spiro atoms. The number of nitrogens with zero attached hydrogens (tertiary/aromatic N) is 1. The Bertz CT molecular complexity index is 640. The fourth-order valence-corrected chi connectivity index (χ4v) is 2.03. The van der Waals surface area contributed by atoms with Gasteiger partial charge < -0.3 is 15.5 Å². The number of benzene rings is 1. The third kappa shape index (κ3) is 3.42. The Morgan fingerprint density at radius 3 is 2.89 bits per heavy atom. The van der Waals surface area contributed by atoms with E-state index in [1.54, 1.807) is 6.07 Å². The zero-order valence-corrected chi connectivity index (χ0v) is 12.0. The number of H-pyrrole nitrogens is 1. The first-order valence-electron chi connectivity index (χ1n) is 5.89. The lowest BCUT2D eigenvalue weighted by atomic mass is 10.2. The van der Waals surface area contributed by atoms with Gasteiger partial charge in [-0.05, 0) is 18.2 Å². The quantitative estimate of drug-likeness (QED) is 0.904. The van der Waals surface area contributed by atoms with Gasteiger partial charge in [0, 0.05) is 23.0 Å². The molecular weight excluding hydrogens is 310 g/mol. The number of hydrogen-bond acceptors (Lipinski definition) is 4. The van der Waals surface area contributed by atoms with E-state index in [2.05, 4.69) is 25.9 Å². The average molecular weight is 324 g/mol. The van der Waals surface area contributed by atoms with E-state index in [4.69, 9.17) is 10.5 Å². The fraction of sp³-hybridized carbons (Fsp3) is 0.231. The summed E-state index contributed by atoms with van der Waals surface area (Å²) < 4.78 is 6.57. The Kier molecular flexibility index (Phi) is 4.34. The van der Waals surface area contributed by atoms with Crippen molar-refractivity contribution in [2.24, 2.45) is 5.73 Å². The van der Waals surface area contributed by atoms with Crippen LogP contribution in [0, 0.1) is 0 Å². The molecule has 0 unspecified atom stereocenters. The van der Waals surface area contributed by atoms with Crippen molar-refractivity contribution in [1.29, 1.82) is 0 Å². The number of aromatic amines is 1. The Morgan fingerprint density at radius 2 is 2.21 bits per heavy atom. The van der Waals surface area contributed by atoms with Crippen LogP contribution in [0.2, 0.25) is 0 Å². The van der Waals surface area contributed by atoms with E-state index < -0.39 is 0 Å². The molecule has 0 amide bonds. The zero-order valence-electron chi connectivity index (χ0n) is 10.4. The maximum Gasteiger partial charge on any atom is 0.254 e. The molecule has 0 bridgehead atoms. The van der Waals surface area contributed by atoms with Gasteiger partial charge in [-0.15, -0.1) is 0 Å². The van der Waals surface area contributed by atoms with Crippen LogP contribution in [0.25, 0.3) is 0 Å². The van der Waals surface area contributed by atoms with E-state index in [9.17, 15) is 4.79 Å². The lowest BCUT2D eigenvalue weighted by molar-refractivity contribution is 0.452. The van der Waals surface area contributed by atoms with Crippen LogP contribution in [0.3, 0.4) is 0 Å². The summed E-state index contributed by atoms with van der Waals surface area (Å²) in [7, 11) is 0. The summed E-state index contributed by atoms with van der Waals surface area (Å²) in [6.07, 6.45) is 0.635. The Labute approximate surface area is 119 Å². The molecule has 2 rings (SSSR count). The van der Waals surface area contributed by atoms with Gasteiger partial charge in [-0.3, -0.25) is 4.79 Å². The van der Waals surface area contributed by atoms with Crippen molar-refractivity contribution in [2.45, 2.75) is 19.9 Å². The number of aromatic nitrogens is 2. The Morgan fingerprint density at radius 1 is 1.42 bits per heavy atom. The normalized spacial score (nSPS) is 10.5. The third-order valence-corrected chi connectivity index (χ3v) is 3.05. The predicted octanol–water partition coefficient (Wildman–Crippen LogP) is 2.35. The summed E-state index contributed by atoms with van der Waals surface area (Å²) in [4.78, 5) is 18.3. The Hall–Kier alpha value is -1.66. The summed E-state index contributed by atoms with van der Waals surface area (Å²) in [6.45, 7) is 2.26. The smallest absolute Gasteiger partial charge is 0.254 e. The highest BCUT2D eigenvalue weighted by atomic mass is 79.9. The van der Waals surface area contributed by atoms with E-state index >= 15 is 0 Å². The molecule has 1 aromatic carbocycles. The molecule has 0 aliphatic rings. The second kappa shape index (κ2) is 5.99. The highest BCUT2D eigenvalue weighted by Gasteiger charge is 2.07. The first-order valence-corrected chi connectivity index (χ1v) is 6.68. The molecule has 0 fully saturated rings. The van der Waals surface area contributed by atoms with Gasteiger partial charge in [0.15, 0.2) is 0 Å². The number of hydrogen-bond donors (Lipinski definition) is 2. The summed E-state index contributed by atoms with van der Waals surface area (Å²) >= 11 is 3.38. The molecule has 1 aromatic heterocycles. The van der Waals surface area contributed by atoms with E-state index in [0.717, 1.165) is 10.0 Å². The predicted molar refractivity (Wildman–Crippen MR) is 76.3 cm³/mol. The topological polar surface area (TPSA) is 81.0 Å². The fourth-order valence-electron chi connectivity index (χ4n) is 1.62. The molecule has 0 aliphatic heterocycles. The summed E-state index contributed by atoms with van der Waals surface area (Å²) in [6, 6.07) is 6.84. The summed E-state index contributed by atoms with van der Waals surface area (Å²) in [5.41, 5.74) is 6.28. The molecule has 19 heavy (non-hydrogen) atoms. The average Bonchev–Trinajstić information content (AvgIpc) is 2.40. The first-order chi connectivity index (χ1) is 9.12. The number of rotatable bonds is 4. The number of halogens is 1. The molecule has 1 heterocycles. The van der Waals surface area contributed by atoms with Gasteiger partial charge in [-0.2, -0.15) is 4.98 Å². The molecule has 6 heteroatoms. The molecule has 100 valence electrons. The Balaban J connectivity index is 2.35. The van der Waals surface area contributed by atoms with Crippen LogP contribution in [0.15, 0.2) is 33.5 Å². The van der Waals surface area contributed by atoms with Crippen molar-refractivity contribution in [3.63, 3.8) is 0 Å². The van der Waals surface area contributed by atoms with Crippen molar-refractivity contribution < 1.29 is 4.74 Å². The van der Waals surface area contributed by atoms with Crippen LogP contribution in [0.5, 0.6) is 11.6 Å². The van der Waals surface area contributed by atoms with Crippen molar-refractivity contribution in [3.05, 3.63) is 50.5 Å². The number of nitrogens with two attached hydrogens (primary N) is 1. The summed E-state index contributed by atoms with van der Waals surface area (Å²) in [5.74, 6) is 1.47. The minimum Gasteiger partial charge on any atom is -0.438 e. The second-order valence-corrected chi connectivity index (χ2v) is 4.86. The van der Waals surface area contributed by atoms with Crippen molar-refractivity contribution in [1.82, 2.24) is 9.97 Å². The van der Waals surface area contributed by atoms with Gasteiger partial charge >= 0.3 is 0 Å². The number of ether oxygens (including phenoxy) is 1. The lowest BCUT2D eigenvalue weighted by Gasteiger charge is -2.10. The molecule has 0 aliphatic carbocycles. The van der Waals surface area contributed by atoms with E-state index in [1.165, 1.54) is 6.07 Å². The highest BCUT2D eigenvalue weighted by Crippen LogP contribution is 2.26. The van der Waals surface area contributed by atoms with Crippen LogP contribution in [-0.2, 0) is 13.0 Å². The van der Waals surface area contributed by atoms with E-state index in [-0.39, 0.29) is 11.4 Å². The van der Waals surface area contributed by atoms with Gasteiger partial charge in [0.05, 0.1) is 6.07 Å². The van der Waals surface area contributed by atoms with Crippen LogP contribution < -0.4 is 16.0 Å². The van der Waals surface area contributed by atoms with Crippen LogP contribution in [0.4, 0.5) is 0 Å². The maximum atomic E-state index is 11.5. The number of aryl methyl sites for hydroxylation is 1.